The van der Waals surface area contributed by atoms with Gasteiger partial charge in [-0.25, -0.2) is 0 Å². The van der Waals surface area contributed by atoms with Gasteiger partial charge >= 0.3 is 0 Å². The van der Waals surface area contributed by atoms with Crippen LogP contribution < -0.4 is 0 Å². The third-order valence-corrected chi connectivity index (χ3v) is 6.57. The molecule has 0 bridgehead atoms. The van der Waals surface area contributed by atoms with E-state index in [1.165, 1.54) is 0 Å². The predicted octanol–water partition coefficient (Wildman–Crippen LogP) is 4.29. The van der Waals surface area contributed by atoms with E-state index in [0.29, 0.717) is 5.54 Å². The molecule has 1 N–H and O–H groups in total. The molecule has 0 aromatic carbocycles. The third kappa shape index (κ3) is 6.66. The minimum absolute atomic E-state index is 0.135. The molecule has 96 valence electrons. The molecule has 0 rings (SSSR count). The molecule has 0 aromatic rings. The molecule has 3 heteroatoms. The Morgan fingerprint density at radius 1 is 1.06 bits per heavy atom. The van der Waals surface area contributed by atoms with Gasteiger partial charge in [0.25, 0.3) is 0 Å². The van der Waals surface area contributed by atoms with Crippen LogP contribution in [0.5, 0.6) is 0 Å². The fourth-order valence-corrected chi connectivity index (χ4v) is 4.83. The molecule has 0 saturated carbocycles. The molecule has 0 aliphatic heterocycles. The van der Waals surface area contributed by atoms with Crippen LogP contribution in [-0.4, -0.2) is 27.4 Å². The lowest BCUT2D eigenvalue weighted by Gasteiger charge is -2.31. The summed E-state index contributed by atoms with van der Waals surface area (Å²) in [6.07, 6.45) is 4.21. The molecule has 0 aliphatic rings. The fraction of sp³-hybridized carbons (Fsp3) is 0.846. The van der Waals surface area contributed by atoms with Crippen molar-refractivity contribution in [2.24, 2.45) is 0 Å². The summed E-state index contributed by atoms with van der Waals surface area (Å²) in [4.78, 5) is 0. The molecule has 0 aromatic heterocycles. The summed E-state index contributed by atoms with van der Waals surface area (Å²) < 4.78 is 0. The van der Waals surface area contributed by atoms with Gasteiger partial charge in [0.15, 0.2) is 0 Å². The minimum atomic E-state index is -1.30. The number of aliphatic hydroxyl groups is 1. The lowest BCUT2D eigenvalue weighted by atomic mass is 10.1. The van der Waals surface area contributed by atoms with E-state index in [4.69, 9.17) is 0 Å². The average Bonchev–Trinajstić information content (AvgIpc) is 1.99. The van der Waals surface area contributed by atoms with Gasteiger partial charge in [-0.15, -0.1) is 0 Å². The Hall–Kier alpha value is 0.134. The highest BCUT2D eigenvalue weighted by Gasteiger charge is 2.30. The van der Waals surface area contributed by atoms with Crippen molar-refractivity contribution in [1.82, 2.24) is 0 Å². The zero-order valence-electron chi connectivity index (χ0n) is 12.2. The zero-order chi connectivity index (χ0) is 13.0. The average molecular weight is 259 g/mol. The third-order valence-electron chi connectivity index (χ3n) is 2.80. The Bertz CT molecular complexity index is 223. The molecule has 0 radical (unpaired) electrons. The predicted molar refractivity (Wildman–Crippen MR) is 80.5 cm³/mol. The Balaban J connectivity index is 4.77. The Morgan fingerprint density at radius 3 is 1.88 bits per heavy atom. The van der Waals surface area contributed by atoms with Crippen LogP contribution >= 0.6 is 0 Å². The Labute approximate surface area is 104 Å². The summed E-state index contributed by atoms with van der Waals surface area (Å²) in [6.45, 7) is 16.2. The van der Waals surface area contributed by atoms with Crippen molar-refractivity contribution in [2.75, 3.05) is 0 Å². The molecular formula is C13H30OSi2. The highest BCUT2D eigenvalue weighted by atomic mass is 28.3. The van der Waals surface area contributed by atoms with Crippen LogP contribution in [0.4, 0.5) is 0 Å². The van der Waals surface area contributed by atoms with Crippen LogP contribution in [0.1, 0.15) is 19.8 Å². The maximum atomic E-state index is 10.2. The lowest BCUT2D eigenvalue weighted by Crippen LogP contribution is -2.35. The van der Waals surface area contributed by atoms with E-state index < -0.39 is 16.1 Å². The van der Waals surface area contributed by atoms with Gasteiger partial charge in [-0.1, -0.05) is 64.4 Å². The molecule has 0 amide bonds. The first-order valence-electron chi connectivity index (χ1n) is 6.45. The zero-order valence-corrected chi connectivity index (χ0v) is 14.2. The molecule has 2 unspecified atom stereocenters. The van der Waals surface area contributed by atoms with E-state index in [1.807, 2.05) is 0 Å². The van der Waals surface area contributed by atoms with Crippen molar-refractivity contribution >= 4 is 16.1 Å². The summed E-state index contributed by atoms with van der Waals surface area (Å²) in [6, 6.07) is 0. The van der Waals surface area contributed by atoms with Gasteiger partial charge in [0, 0.05) is 0 Å². The normalized spacial score (nSPS) is 17.8. The maximum absolute atomic E-state index is 10.2. The van der Waals surface area contributed by atoms with E-state index in [9.17, 15) is 5.11 Å². The van der Waals surface area contributed by atoms with Crippen LogP contribution in [0.2, 0.25) is 44.8 Å². The largest absolute Gasteiger partial charge is 0.393 e. The van der Waals surface area contributed by atoms with Crippen molar-refractivity contribution in [3.8, 4) is 0 Å². The fourth-order valence-electron chi connectivity index (χ4n) is 1.86. The first-order chi connectivity index (χ1) is 7.08. The van der Waals surface area contributed by atoms with E-state index in [2.05, 4.69) is 58.0 Å². The van der Waals surface area contributed by atoms with E-state index in [0.717, 1.165) is 12.8 Å². The van der Waals surface area contributed by atoms with E-state index in [1.54, 1.807) is 0 Å². The van der Waals surface area contributed by atoms with E-state index >= 15 is 0 Å². The Morgan fingerprint density at radius 2 is 1.56 bits per heavy atom. The summed E-state index contributed by atoms with van der Waals surface area (Å²) in [7, 11) is -2.44. The second kappa shape index (κ2) is 6.17. The second-order valence-electron chi connectivity index (χ2n) is 6.97. The van der Waals surface area contributed by atoms with Crippen molar-refractivity contribution in [3.05, 3.63) is 11.8 Å². The summed E-state index contributed by atoms with van der Waals surface area (Å²) in [5, 5.41) is 10.2. The van der Waals surface area contributed by atoms with Gasteiger partial charge in [0.1, 0.15) is 0 Å². The number of rotatable bonds is 6. The highest BCUT2D eigenvalue weighted by molar-refractivity contribution is 6.81. The van der Waals surface area contributed by atoms with Crippen LogP contribution in [0.3, 0.4) is 0 Å². The van der Waals surface area contributed by atoms with Crippen molar-refractivity contribution in [1.29, 1.82) is 0 Å². The maximum Gasteiger partial charge on any atom is 0.0682 e. The number of hydrogen-bond acceptors (Lipinski definition) is 1. The van der Waals surface area contributed by atoms with Crippen LogP contribution in [0.15, 0.2) is 11.8 Å². The molecule has 16 heavy (non-hydrogen) atoms. The van der Waals surface area contributed by atoms with Crippen LogP contribution in [0.25, 0.3) is 0 Å². The number of aliphatic hydroxyl groups excluding tert-OH is 1. The topological polar surface area (TPSA) is 20.2 Å². The standard InChI is InChI=1S/C13H30OSi2/c1-8-9-12(14)13(16(5,6)7)10-11-15(2,3)4/h10-14H,8-9H2,1-7H3/b11-10+. The van der Waals surface area contributed by atoms with Crippen molar-refractivity contribution in [3.63, 3.8) is 0 Å². The van der Waals surface area contributed by atoms with Gasteiger partial charge in [-0.05, 0) is 12.0 Å². The summed E-state index contributed by atoms with van der Waals surface area (Å²) in [5.41, 5.74) is 2.81. The molecule has 0 spiro atoms. The van der Waals surface area contributed by atoms with Gasteiger partial charge in [0.05, 0.1) is 22.3 Å². The van der Waals surface area contributed by atoms with Crippen molar-refractivity contribution in [2.45, 2.75) is 70.7 Å². The molecule has 0 saturated heterocycles. The lowest BCUT2D eigenvalue weighted by molar-refractivity contribution is 0.164. The number of hydrogen-bond donors (Lipinski definition) is 1. The second-order valence-corrected chi connectivity index (χ2v) is 17.4. The van der Waals surface area contributed by atoms with Gasteiger partial charge in [0.2, 0.25) is 0 Å². The molecular weight excluding hydrogens is 228 g/mol. The quantitative estimate of drug-likeness (QED) is 0.705. The first kappa shape index (κ1) is 16.1. The smallest absolute Gasteiger partial charge is 0.0682 e. The van der Waals surface area contributed by atoms with Gasteiger partial charge in [-0.2, -0.15) is 0 Å². The molecule has 0 aliphatic carbocycles. The van der Waals surface area contributed by atoms with Crippen molar-refractivity contribution < 1.29 is 5.11 Å². The molecule has 2 atom stereocenters. The molecule has 1 nitrogen and oxygen atoms in total. The highest BCUT2D eigenvalue weighted by Crippen LogP contribution is 2.30. The Kier molecular flexibility index (Phi) is 6.22. The summed E-state index contributed by atoms with van der Waals surface area (Å²) in [5.74, 6) is 0. The molecule has 0 fully saturated rings. The monoisotopic (exact) mass is 258 g/mol. The molecule has 0 heterocycles. The van der Waals surface area contributed by atoms with E-state index in [-0.39, 0.29) is 6.10 Å². The minimum Gasteiger partial charge on any atom is -0.393 e. The summed E-state index contributed by atoms with van der Waals surface area (Å²) >= 11 is 0. The van der Waals surface area contributed by atoms with Gasteiger partial charge < -0.3 is 5.11 Å². The van der Waals surface area contributed by atoms with Gasteiger partial charge in [-0.3, -0.25) is 0 Å². The SMILES string of the molecule is CCCC(O)C(/C=C/[Si](C)(C)C)[Si](C)(C)C. The van der Waals surface area contributed by atoms with Crippen LogP contribution in [0, 0.1) is 0 Å². The first-order valence-corrected chi connectivity index (χ1v) is 13.6. The van der Waals surface area contributed by atoms with Crippen LogP contribution in [-0.2, 0) is 0 Å².